The van der Waals surface area contributed by atoms with Crippen LogP contribution >= 0.6 is 22.7 Å². The van der Waals surface area contributed by atoms with E-state index >= 15 is 0 Å². The van der Waals surface area contributed by atoms with Crippen LogP contribution in [0, 0.1) is 6.92 Å². The van der Waals surface area contributed by atoms with E-state index in [-0.39, 0.29) is 5.91 Å². The summed E-state index contributed by atoms with van der Waals surface area (Å²) in [4.78, 5) is 19.4. The van der Waals surface area contributed by atoms with Crippen LogP contribution in [0.5, 0.6) is 11.5 Å². The van der Waals surface area contributed by atoms with Crippen molar-refractivity contribution in [1.29, 1.82) is 0 Å². The van der Waals surface area contributed by atoms with Crippen LogP contribution in [-0.2, 0) is 6.54 Å². The fourth-order valence-electron chi connectivity index (χ4n) is 2.94. The smallest absolute Gasteiger partial charge is 0.269 e. The van der Waals surface area contributed by atoms with E-state index in [4.69, 9.17) is 9.47 Å². The molecule has 0 radical (unpaired) electrons. The van der Waals surface area contributed by atoms with Gasteiger partial charge in [-0.3, -0.25) is 9.89 Å². The number of ether oxygens (including phenoxy) is 2. The number of methoxy groups -OCH3 is 2. The van der Waals surface area contributed by atoms with Gasteiger partial charge in [0.15, 0.2) is 0 Å². The van der Waals surface area contributed by atoms with E-state index in [1.54, 1.807) is 49.0 Å². The maximum atomic E-state index is 12.6. The zero-order chi connectivity index (χ0) is 21.1. The minimum atomic E-state index is -0.235. The molecule has 4 aromatic rings. The lowest BCUT2D eigenvalue weighted by molar-refractivity contribution is 0.0946. The van der Waals surface area contributed by atoms with Crippen molar-refractivity contribution in [3.8, 4) is 32.6 Å². The number of rotatable bonds is 7. The average Bonchev–Trinajstić information content (AvgIpc) is 3.52. The molecule has 3 aromatic heterocycles. The summed E-state index contributed by atoms with van der Waals surface area (Å²) >= 11 is 3.25. The van der Waals surface area contributed by atoms with Crippen molar-refractivity contribution in [3.05, 3.63) is 58.0 Å². The number of benzene rings is 1. The first-order valence-electron chi connectivity index (χ1n) is 9.15. The number of amides is 1. The lowest BCUT2D eigenvalue weighted by Crippen LogP contribution is -2.23. The normalized spacial score (nSPS) is 10.8. The number of carbonyl (C=O) groups is 1. The number of thiazole rings is 1. The number of aromatic nitrogens is 3. The van der Waals surface area contributed by atoms with Gasteiger partial charge in [0.1, 0.15) is 22.2 Å². The largest absolute Gasteiger partial charge is 0.497 e. The van der Waals surface area contributed by atoms with Gasteiger partial charge in [0, 0.05) is 10.4 Å². The topological polar surface area (TPSA) is 89.1 Å². The number of hydrogen-bond acceptors (Lipinski definition) is 7. The van der Waals surface area contributed by atoms with Crippen molar-refractivity contribution in [2.45, 2.75) is 13.5 Å². The molecule has 0 aliphatic carbocycles. The number of aryl methyl sites for hydroxylation is 1. The molecule has 0 saturated carbocycles. The van der Waals surface area contributed by atoms with Gasteiger partial charge in [0.25, 0.3) is 5.91 Å². The summed E-state index contributed by atoms with van der Waals surface area (Å²) in [7, 11) is 3.19. The predicted octanol–water partition coefficient (Wildman–Crippen LogP) is 4.52. The van der Waals surface area contributed by atoms with Crippen LogP contribution in [0.15, 0.2) is 41.8 Å². The average molecular weight is 441 g/mol. The highest BCUT2D eigenvalue weighted by atomic mass is 32.1. The molecule has 3 heterocycles. The second kappa shape index (κ2) is 8.68. The van der Waals surface area contributed by atoms with Crippen molar-refractivity contribution in [2.75, 3.05) is 14.2 Å². The minimum Gasteiger partial charge on any atom is -0.497 e. The summed E-state index contributed by atoms with van der Waals surface area (Å²) in [5.41, 5.74) is 2.64. The molecule has 0 aliphatic heterocycles. The summed E-state index contributed by atoms with van der Waals surface area (Å²) in [5, 5.41) is 13.0. The maximum absolute atomic E-state index is 12.6. The van der Waals surface area contributed by atoms with Crippen LogP contribution in [-0.4, -0.2) is 35.3 Å². The van der Waals surface area contributed by atoms with E-state index in [1.165, 1.54) is 0 Å². The van der Waals surface area contributed by atoms with Gasteiger partial charge in [-0.25, -0.2) is 4.98 Å². The number of thiophene rings is 1. The monoisotopic (exact) mass is 440 g/mol. The highest BCUT2D eigenvalue weighted by Crippen LogP contribution is 2.33. The Balaban J connectivity index is 1.48. The second-order valence-corrected chi connectivity index (χ2v) is 8.45. The molecule has 0 atom stereocenters. The number of carbonyl (C=O) groups excluding carboxylic acids is 1. The molecule has 9 heteroatoms. The van der Waals surface area contributed by atoms with Crippen LogP contribution < -0.4 is 14.8 Å². The van der Waals surface area contributed by atoms with Gasteiger partial charge in [-0.05, 0) is 42.6 Å². The molecule has 1 amide bonds. The standard InChI is InChI=1S/C21H20N4O3S2/c1-12-19(30-21(23-12)18-5-4-8-29-18)11-22-20(26)16-10-15(24-25-16)14-9-13(27-2)6-7-17(14)28-3/h4-10H,11H2,1-3H3,(H,22,26)(H,24,25). The van der Waals surface area contributed by atoms with E-state index in [1.807, 2.05) is 36.6 Å². The Hall–Kier alpha value is -3.17. The first-order valence-corrected chi connectivity index (χ1v) is 10.8. The van der Waals surface area contributed by atoms with Crippen molar-refractivity contribution in [2.24, 2.45) is 0 Å². The van der Waals surface area contributed by atoms with Gasteiger partial charge >= 0.3 is 0 Å². The molecule has 2 N–H and O–H groups in total. The van der Waals surface area contributed by atoms with E-state index in [0.717, 1.165) is 26.0 Å². The van der Waals surface area contributed by atoms with E-state index < -0.39 is 0 Å². The lowest BCUT2D eigenvalue weighted by Gasteiger charge is -2.08. The van der Waals surface area contributed by atoms with Gasteiger partial charge in [-0.2, -0.15) is 5.10 Å². The number of aromatic amines is 1. The molecular formula is C21H20N4O3S2. The SMILES string of the molecule is COc1ccc(OC)c(-c2cc(C(=O)NCc3sc(-c4cccs4)nc3C)[nH]n2)c1. The van der Waals surface area contributed by atoms with Crippen molar-refractivity contribution in [3.63, 3.8) is 0 Å². The quantitative estimate of drug-likeness (QED) is 0.441. The fraction of sp³-hybridized carbons (Fsp3) is 0.190. The van der Waals surface area contributed by atoms with Crippen LogP contribution in [0.2, 0.25) is 0 Å². The van der Waals surface area contributed by atoms with Crippen molar-refractivity contribution < 1.29 is 14.3 Å². The van der Waals surface area contributed by atoms with E-state index in [9.17, 15) is 4.79 Å². The Morgan fingerprint density at radius 3 is 2.80 bits per heavy atom. The van der Waals surface area contributed by atoms with Crippen LogP contribution in [0.1, 0.15) is 21.1 Å². The summed E-state index contributed by atoms with van der Waals surface area (Å²) in [6, 6.07) is 11.2. The third kappa shape index (κ3) is 4.07. The van der Waals surface area contributed by atoms with Gasteiger partial charge in [0.2, 0.25) is 0 Å². The molecule has 4 rings (SSSR count). The molecule has 0 spiro atoms. The van der Waals surface area contributed by atoms with Gasteiger partial charge in [0.05, 0.1) is 37.0 Å². The van der Waals surface area contributed by atoms with Crippen molar-refractivity contribution in [1.82, 2.24) is 20.5 Å². The predicted molar refractivity (Wildman–Crippen MR) is 118 cm³/mol. The van der Waals surface area contributed by atoms with Gasteiger partial charge in [-0.15, -0.1) is 22.7 Å². The van der Waals surface area contributed by atoms with Crippen molar-refractivity contribution >= 4 is 28.6 Å². The Bertz CT molecular complexity index is 1170. The Kier molecular flexibility index (Phi) is 5.82. The zero-order valence-electron chi connectivity index (χ0n) is 16.7. The Morgan fingerprint density at radius 2 is 2.07 bits per heavy atom. The molecule has 0 unspecified atom stereocenters. The number of nitrogens with zero attached hydrogens (tertiary/aromatic N) is 2. The zero-order valence-corrected chi connectivity index (χ0v) is 18.3. The van der Waals surface area contributed by atoms with Gasteiger partial charge < -0.3 is 14.8 Å². The highest BCUT2D eigenvalue weighted by Gasteiger charge is 2.16. The molecule has 0 saturated heterocycles. The summed E-state index contributed by atoms with van der Waals surface area (Å²) in [6.45, 7) is 2.36. The maximum Gasteiger partial charge on any atom is 0.269 e. The summed E-state index contributed by atoms with van der Waals surface area (Å²) < 4.78 is 10.7. The number of nitrogens with one attached hydrogen (secondary N) is 2. The minimum absolute atomic E-state index is 0.235. The van der Waals surface area contributed by atoms with Crippen LogP contribution in [0.4, 0.5) is 0 Å². The molecule has 154 valence electrons. The molecule has 30 heavy (non-hydrogen) atoms. The Morgan fingerprint density at radius 1 is 1.20 bits per heavy atom. The third-order valence-electron chi connectivity index (χ3n) is 4.54. The van der Waals surface area contributed by atoms with Crippen LogP contribution in [0.25, 0.3) is 21.1 Å². The highest BCUT2D eigenvalue weighted by molar-refractivity contribution is 7.21. The fourth-order valence-corrected chi connectivity index (χ4v) is 4.74. The number of H-pyrrole nitrogens is 1. The third-order valence-corrected chi connectivity index (χ3v) is 6.74. The first kappa shape index (κ1) is 20.1. The first-order chi connectivity index (χ1) is 14.6. The lowest BCUT2D eigenvalue weighted by atomic mass is 10.1. The summed E-state index contributed by atoms with van der Waals surface area (Å²) in [6.07, 6.45) is 0. The van der Waals surface area contributed by atoms with Gasteiger partial charge in [-0.1, -0.05) is 6.07 Å². The van der Waals surface area contributed by atoms with Crippen LogP contribution in [0.3, 0.4) is 0 Å². The van der Waals surface area contributed by atoms with E-state index in [2.05, 4.69) is 20.5 Å². The molecule has 0 fully saturated rings. The molecular weight excluding hydrogens is 420 g/mol. The molecule has 0 bridgehead atoms. The number of hydrogen-bond donors (Lipinski definition) is 2. The molecule has 1 aromatic carbocycles. The second-order valence-electron chi connectivity index (χ2n) is 6.42. The molecule has 7 nitrogen and oxygen atoms in total. The molecule has 0 aliphatic rings. The Labute approximate surface area is 181 Å². The van der Waals surface area contributed by atoms with E-state index in [0.29, 0.717) is 29.4 Å². The summed E-state index contributed by atoms with van der Waals surface area (Å²) in [5.74, 6) is 1.10.